The summed E-state index contributed by atoms with van der Waals surface area (Å²) in [5.41, 5.74) is 1.17. The first-order chi connectivity index (χ1) is 12.0. The number of hydrogen-bond acceptors (Lipinski definition) is 5. The average molecular weight is 357 g/mol. The maximum absolute atomic E-state index is 12.6. The Morgan fingerprint density at radius 3 is 2.20 bits per heavy atom. The molecule has 6 nitrogen and oxygen atoms in total. The number of carbonyl (C=O) groups excluding carboxylic acids is 1. The van der Waals surface area contributed by atoms with E-state index < -0.39 is 16.0 Å². The van der Waals surface area contributed by atoms with E-state index in [0.717, 1.165) is 5.71 Å². The van der Waals surface area contributed by atoms with Crippen molar-refractivity contribution in [2.24, 2.45) is 4.99 Å². The van der Waals surface area contributed by atoms with Crippen LogP contribution in [-0.2, 0) is 10.0 Å². The molecular weight excluding hydrogens is 340 g/mol. The van der Waals surface area contributed by atoms with Crippen LogP contribution < -0.4 is 5.11 Å². The molecule has 0 radical (unpaired) electrons. The molecule has 0 amide bonds. The molecule has 0 spiro atoms. The number of aromatic carboxylic acids is 1. The van der Waals surface area contributed by atoms with E-state index in [0.29, 0.717) is 31.6 Å². The number of hydrogen-bond donors (Lipinski definition) is 0. The summed E-state index contributed by atoms with van der Waals surface area (Å²) in [7, 11) is -3.51. The molecule has 0 unspecified atom stereocenters. The molecule has 130 valence electrons. The minimum absolute atomic E-state index is 0.0364. The minimum Gasteiger partial charge on any atom is -0.545 e. The van der Waals surface area contributed by atoms with Crippen molar-refractivity contribution >= 4 is 27.4 Å². The number of carboxylic acids is 1. The number of aliphatic imine (C=N–C) groups is 1. The third-order valence-corrected chi connectivity index (χ3v) is 6.00. The second-order valence-electron chi connectivity index (χ2n) is 5.70. The predicted molar refractivity (Wildman–Crippen MR) is 92.3 cm³/mol. The Hall–Kier alpha value is -2.51. The van der Waals surface area contributed by atoms with E-state index in [-0.39, 0.29) is 10.5 Å². The van der Waals surface area contributed by atoms with Gasteiger partial charge in [0.2, 0.25) is 10.0 Å². The molecule has 25 heavy (non-hydrogen) atoms. The van der Waals surface area contributed by atoms with Crippen LogP contribution in [0.15, 0.2) is 64.5 Å². The summed E-state index contributed by atoms with van der Waals surface area (Å²) in [5.74, 6) is -1.27. The van der Waals surface area contributed by atoms with Crippen LogP contribution in [0.3, 0.4) is 0 Å². The Balaban J connectivity index is 1.76. The standard InChI is InChI=1S/C18H18N2O4S/c21-18(22)16-8-4-5-9-17(16)19-14-10-12-20(13-11-14)25(23,24)15-6-2-1-3-7-15/h1-9H,10-13H2,(H,21,22)/p-1. The molecular formula is C18H17N2O4S-. The molecule has 1 aliphatic rings. The number of sulfonamides is 1. The molecule has 1 saturated heterocycles. The summed E-state index contributed by atoms with van der Waals surface area (Å²) in [6.45, 7) is 0.646. The van der Waals surface area contributed by atoms with Gasteiger partial charge in [0.15, 0.2) is 0 Å². The van der Waals surface area contributed by atoms with E-state index in [2.05, 4.69) is 4.99 Å². The average Bonchev–Trinajstić information content (AvgIpc) is 2.63. The van der Waals surface area contributed by atoms with E-state index in [1.54, 1.807) is 48.5 Å². The van der Waals surface area contributed by atoms with E-state index in [1.165, 1.54) is 10.4 Å². The van der Waals surface area contributed by atoms with Gasteiger partial charge >= 0.3 is 0 Å². The van der Waals surface area contributed by atoms with Crippen LogP contribution in [0.25, 0.3) is 0 Å². The number of benzene rings is 2. The number of rotatable bonds is 4. The van der Waals surface area contributed by atoms with Crippen LogP contribution in [0.4, 0.5) is 5.69 Å². The topological polar surface area (TPSA) is 89.9 Å². The van der Waals surface area contributed by atoms with Gasteiger partial charge in [0.25, 0.3) is 0 Å². The molecule has 1 heterocycles. The lowest BCUT2D eigenvalue weighted by Gasteiger charge is -2.27. The van der Waals surface area contributed by atoms with Crippen molar-refractivity contribution in [2.75, 3.05) is 13.1 Å². The van der Waals surface area contributed by atoms with Gasteiger partial charge in [-0.3, -0.25) is 4.99 Å². The largest absolute Gasteiger partial charge is 0.545 e. The van der Waals surface area contributed by atoms with E-state index >= 15 is 0 Å². The monoisotopic (exact) mass is 357 g/mol. The third-order valence-electron chi connectivity index (χ3n) is 4.08. The molecule has 0 atom stereocenters. The van der Waals surface area contributed by atoms with E-state index in [4.69, 9.17) is 0 Å². The van der Waals surface area contributed by atoms with Gasteiger partial charge in [0.1, 0.15) is 0 Å². The quantitative estimate of drug-likeness (QED) is 0.831. The van der Waals surface area contributed by atoms with Gasteiger partial charge < -0.3 is 9.90 Å². The van der Waals surface area contributed by atoms with Crippen LogP contribution in [0, 0.1) is 0 Å². The summed E-state index contributed by atoms with van der Waals surface area (Å²) >= 11 is 0. The Morgan fingerprint density at radius 2 is 1.56 bits per heavy atom. The smallest absolute Gasteiger partial charge is 0.243 e. The van der Waals surface area contributed by atoms with Gasteiger partial charge in [-0.2, -0.15) is 4.31 Å². The molecule has 3 rings (SSSR count). The predicted octanol–water partition coefficient (Wildman–Crippen LogP) is 1.61. The van der Waals surface area contributed by atoms with Crippen molar-refractivity contribution in [1.29, 1.82) is 0 Å². The fourth-order valence-electron chi connectivity index (χ4n) is 2.75. The maximum atomic E-state index is 12.6. The Kier molecular flexibility index (Phi) is 4.96. The highest BCUT2D eigenvalue weighted by Gasteiger charge is 2.27. The van der Waals surface area contributed by atoms with Crippen molar-refractivity contribution in [3.8, 4) is 0 Å². The number of carboxylic acid groups (broad SMARTS) is 1. The number of para-hydroxylation sites is 1. The van der Waals surface area contributed by atoms with Crippen LogP contribution >= 0.6 is 0 Å². The van der Waals surface area contributed by atoms with Crippen molar-refractivity contribution in [2.45, 2.75) is 17.7 Å². The van der Waals surface area contributed by atoms with Gasteiger partial charge in [0.05, 0.1) is 16.6 Å². The summed E-state index contributed by atoms with van der Waals surface area (Å²) < 4.78 is 26.6. The molecule has 1 aliphatic heterocycles. The zero-order valence-electron chi connectivity index (χ0n) is 13.5. The lowest BCUT2D eigenvalue weighted by molar-refractivity contribution is -0.254. The summed E-state index contributed by atoms with van der Waals surface area (Å²) in [6.07, 6.45) is 0.931. The zero-order chi connectivity index (χ0) is 17.9. The molecule has 0 saturated carbocycles. The van der Waals surface area contributed by atoms with Gasteiger partial charge in [-0.15, -0.1) is 0 Å². The normalized spacial score (nSPS) is 15.8. The van der Waals surface area contributed by atoms with E-state index in [9.17, 15) is 18.3 Å². The van der Waals surface area contributed by atoms with Gasteiger partial charge in [-0.05, 0) is 31.0 Å². The Bertz CT molecular complexity index is 898. The molecule has 2 aromatic carbocycles. The Morgan fingerprint density at radius 1 is 0.960 bits per heavy atom. The maximum Gasteiger partial charge on any atom is 0.243 e. The summed E-state index contributed by atoms with van der Waals surface area (Å²) in [5, 5.41) is 11.1. The molecule has 0 aliphatic carbocycles. The molecule has 2 aromatic rings. The summed E-state index contributed by atoms with van der Waals surface area (Å²) in [4.78, 5) is 15.8. The van der Waals surface area contributed by atoms with Gasteiger partial charge in [-0.1, -0.05) is 36.4 Å². The second kappa shape index (κ2) is 7.16. The molecule has 0 N–H and O–H groups in total. The SMILES string of the molecule is O=C([O-])c1ccccc1N=C1CCN(S(=O)(=O)c2ccccc2)CC1. The first-order valence-corrected chi connectivity index (χ1v) is 9.34. The second-order valence-corrected chi connectivity index (χ2v) is 7.64. The van der Waals surface area contributed by atoms with Crippen LogP contribution in [0.1, 0.15) is 23.2 Å². The third kappa shape index (κ3) is 3.78. The highest BCUT2D eigenvalue weighted by Crippen LogP contribution is 2.23. The van der Waals surface area contributed by atoms with Crippen molar-refractivity contribution in [1.82, 2.24) is 4.31 Å². The van der Waals surface area contributed by atoms with Crippen LogP contribution in [0.2, 0.25) is 0 Å². The van der Waals surface area contributed by atoms with Crippen LogP contribution in [0.5, 0.6) is 0 Å². The fourth-order valence-corrected chi connectivity index (χ4v) is 4.21. The lowest BCUT2D eigenvalue weighted by atomic mass is 10.1. The van der Waals surface area contributed by atoms with Crippen molar-refractivity contribution in [3.05, 3.63) is 60.2 Å². The van der Waals surface area contributed by atoms with Gasteiger partial charge in [-0.25, -0.2) is 8.42 Å². The summed E-state index contributed by atoms with van der Waals surface area (Å²) in [6, 6.07) is 14.7. The first kappa shape index (κ1) is 17.3. The fraction of sp³-hybridized carbons (Fsp3) is 0.222. The van der Waals surface area contributed by atoms with Crippen LogP contribution in [-0.4, -0.2) is 37.5 Å². The highest BCUT2D eigenvalue weighted by molar-refractivity contribution is 7.89. The number of carbonyl (C=O) groups is 1. The molecule has 7 heteroatoms. The lowest BCUT2D eigenvalue weighted by Crippen LogP contribution is -2.38. The molecule has 0 bridgehead atoms. The Labute approximate surface area is 146 Å². The van der Waals surface area contributed by atoms with Crippen molar-refractivity contribution in [3.63, 3.8) is 0 Å². The first-order valence-electron chi connectivity index (χ1n) is 7.90. The molecule has 0 aromatic heterocycles. The minimum atomic E-state index is -3.51. The number of nitrogens with zero attached hydrogens (tertiary/aromatic N) is 2. The van der Waals surface area contributed by atoms with Gasteiger partial charge in [0, 0.05) is 24.4 Å². The highest BCUT2D eigenvalue weighted by atomic mass is 32.2. The molecule has 1 fully saturated rings. The van der Waals surface area contributed by atoms with E-state index in [1.807, 2.05) is 0 Å². The van der Waals surface area contributed by atoms with Crippen molar-refractivity contribution < 1.29 is 18.3 Å². The zero-order valence-corrected chi connectivity index (χ0v) is 14.3. The number of piperidine rings is 1.